The number of aryl methyl sites for hydroxylation is 2. The number of unbranched alkanes of at least 4 members (excludes halogenated alkanes) is 10. The molecule has 0 bridgehead atoms. The van der Waals surface area contributed by atoms with Crippen LogP contribution in [0.3, 0.4) is 0 Å². The fraction of sp³-hybridized carbons (Fsp3) is 0.378. The van der Waals surface area contributed by atoms with Crippen LogP contribution in [0.15, 0.2) is 84.9 Å². The summed E-state index contributed by atoms with van der Waals surface area (Å²) in [7, 11) is 0. The molecule has 4 aromatic carbocycles. The third-order valence-electron chi connectivity index (χ3n) is 9.67. The van der Waals surface area contributed by atoms with Crippen molar-refractivity contribution in [1.82, 2.24) is 21.7 Å². The molecule has 0 fully saturated rings. The standard InChI is InChI=1S/C45H56N4O6/c1-3-5-7-9-11-13-15-32-17-23-36(24-18-32)42(52)46-48-44(54)38-30-34(21-27-40(38)50)29-35-22-28-41(51)39(31-35)45(55)49-47-43(53)37-25-19-33(20-26-37)16-14-12-10-8-6-4-2/h17-28,30-31,50-51H,3-16,29H2,1-2H3,(H,46,52)(H,47,53)(H,48,54)(H,49,55). The summed E-state index contributed by atoms with van der Waals surface area (Å²) in [5, 5.41) is 20.9. The van der Waals surface area contributed by atoms with Gasteiger partial charge in [-0.05, 0) is 103 Å². The first-order chi connectivity index (χ1) is 26.7. The summed E-state index contributed by atoms with van der Waals surface area (Å²) in [6.45, 7) is 4.41. The highest BCUT2D eigenvalue weighted by atomic mass is 16.3. The van der Waals surface area contributed by atoms with E-state index in [1.54, 1.807) is 36.4 Å². The first-order valence-corrected chi connectivity index (χ1v) is 19.7. The maximum atomic E-state index is 13.0. The number of nitrogens with one attached hydrogen (secondary N) is 4. The van der Waals surface area contributed by atoms with Gasteiger partial charge in [-0.25, -0.2) is 0 Å². The van der Waals surface area contributed by atoms with Crippen molar-refractivity contribution in [2.75, 3.05) is 0 Å². The Hall–Kier alpha value is -5.64. The molecule has 10 heteroatoms. The number of aromatic hydroxyl groups is 2. The maximum Gasteiger partial charge on any atom is 0.273 e. The normalized spacial score (nSPS) is 10.8. The van der Waals surface area contributed by atoms with Crippen molar-refractivity contribution < 1.29 is 29.4 Å². The van der Waals surface area contributed by atoms with Crippen LogP contribution in [0.1, 0.15) is 155 Å². The Bertz CT molecular complexity index is 1720. The van der Waals surface area contributed by atoms with Gasteiger partial charge in [-0.2, -0.15) is 0 Å². The lowest BCUT2D eigenvalue weighted by atomic mass is 10.00. The molecule has 4 aromatic rings. The van der Waals surface area contributed by atoms with Gasteiger partial charge in [0.15, 0.2) is 0 Å². The van der Waals surface area contributed by atoms with E-state index in [1.165, 1.54) is 88.5 Å². The molecule has 0 unspecified atom stereocenters. The molecule has 0 aliphatic rings. The summed E-state index contributed by atoms with van der Waals surface area (Å²) >= 11 is 0. The van der Waals surface area contributed by atoms with Crippen LogP contribution in [0.4, 0.5) is 0 Å². The van der Waals surface area contributed by atoms with Crippen molar-refractivity contribution in [3.05, 3.63) is 129 Å². The number of phenolic OH excluding ortho intramolecular Hbond substituents is 2. The molecule has 0 atom stereocenters. The average Bonchev–Trinajstić information content (AvgIpc) is 3.20. The lowest BCUT2D eigenvalue weighted by Crippen LogP contribution is -2.41. The zero-order valence-electron chi connectivity index (χ0n) is 32.2. The van der Waals surface area contributed by atoms with Gasteiger partial charge < -0.3 is 10.2 Å². The summed E-state index contributed by atoms with van der Waals surface area (Å²) in [4.78, 5) is 51.4. The lowest BCUT2D eigenvalue weighted by Gasteiger charge is -2.12. The second kappa shape index (κ2) is 22.5. The van der Waals surface area contributed by atoms with Crippen molar-refractivity contribution >= 4 is 23.6 Å². The molecule has 0 aliphatic carbocycles. The van der Waals surface area contributed by atoms with Gasteiger partial charge >= 0.3 is 0 Å². The molecule has 4 amide bonds. The first-order valence-electron chi connectivity index (χ1n) is 19.7. The fourth-order valence-electron chi connectivity index (χ4n) is 6.36. The largest absolute Gasteiger partial charge is 0.507 e. The molecular weight excluding hydrogens is 693 g/mol. The molecular formula is C45H56N4O6. The molecule has 0 saturated heterocycles. The minimum atomic E-state index is -0.707. The van der Waals surface area contributed by atoms with Crippen molar-refractivity contribution in [3.63, 3.8) is 0 Å². The molecule has 6 N–H and O–H groups in total. The maximum absolute atomic E-state index is 13.0. The molecule has 0 aromatic heterocycles. The number of carbonyl (C=O) groups excluding carboxylic acids is 4. The zero-order valence-corrected chi connectivity index (χ0v) is 32.2. The molecule has 0 saturated carbocycles. The van der Waals surface area contributed by atoms with E-state index in [1.807, 2.05) is 24.3 Å². The Balaban J connectivity index is 1.26. The summed E-state index contributed by atoms with van der Waals surface area (Å²) in [5.74, 6) is -2.94. The SMILES string of the molecule is CCCCCCCCc1ccc(C(=O)NNC(=O)c2cc(Cc3ccc(O)c(C(=O)NNC(=O)c4ccc(CCCCCCCC)cc4)c3)ccc2O)cc1. The highest BCUT2D eigenvalue weighted by Gasteiger charge is 2.17. The molecule has 292 valence electrons. The smallest absolute Gasteiger partial charge is 0.273 e. The molecule has 55 heavy (non-hydrogen) atoms. The Morgan fingerprint density at radius 3 is 1.13 bits per heavy atom. The second-order valence-corrected chi connectivity index (χ2v) is 14.1. The van der Waals surface area contributed by atoms with Gasteiger partial charge in [0.05, 0.1) is 11.1 Å². The quantitative estimate of drug-likeness (QED) is 0.0393. The van der Waals surface area contributed by atoms with E-state index in [0.717, 1.165) is 36.8 Å². The van der Waals surface area contributed by atoms with E-state index in [4.69, 9.17) is 0 Å². The minimum absolute atomic E-state index is 0.0537. The van der Waals surface area contributed by atoms with Gasteiger partial charge in [0.25, 0.3) is 23.6 Å². The summed E-state index contributed by atoms with van der Waals surface area (Å²) in [6.07, 6.45) is 16.7. The number of phenols is 2. The number of benzene rings is 4. The van der Waals surface area contributed by atoms with Crippen LogP contribution in [-0.4, -0.2) is 33.8 Å². The highest BCUT2D eigenvalue weighted by Crippen LogP contribution is 2.24. The summed E-state index contributed by atoms with van der Waals surface area (Å²) in [5.41, 5.74) is 13.8. The predicted molar refractivity (Wildman–Crippen MR) is 216 cm³/mol. The first kappa shape index (κ1) is 42.1. The van der Waals surface area contributed by atoms with Crippen LogP contribution in [0.5, 0.6) is 11.5 Å². The van der Waals surface area contributed by atoms with E-state index in [2.05, 4.69) is 35.6 Å². The number of rotatable bonds is 20. The Kier molecular flexibility index (Phi) is 17.3. The molecule has 0 spiro atoms. The third-order valence-corrected chi connectivity index (χ3v) is 9.67. The fourth-order valence-corrected chi connectivity index (χ4v) is 6.36. The van der Waals surface area contributed by atoms with Crippen LogP contribution >= 0.6 is 0 Å². The van der Waals surface area contributed by atoms with Gasteiger partial charge in [0.1, 0.15) is 11.5 Å². The average molecular weight is 749 g/mol. The number of hydrazine groups is 2. The van der Waals surface area contributed by atoms with Crippen molar-refractivity contribution in [1.29, 1.82) is 0 Å². The molecule has 0 aliphatic heterocycles. The van der Waals surface area contributed by atoms with Gasteiger partial charge in [-0.1, -0.05) is 114 Å². The van der Waals surface area contributed by atoms with Crippen molar-refractivity contribution in [2.24, 2.45) is 0 Å². The Labute approximate surface area is 325 Å². The van der Waals surface area contributed by atoms with E-state index in [-0.39, 0.29) is 29.0 Å². The van der Waals surface area contributed by atoms with Crippen LogP contribution in [0.25, 0.3) is 0 Å². The van der Waals surface area contributed by atoms with Gasteiger partial charge in [0.2, 0.25) is 0 Å². The predicted octanol–water partition coefficient (Wildman–Crippen LogP) is 8.64. The van der Waals surface area contributed by atoms with Gasteiger partial charge in [-0.15, -0.1) is 0 Å². The number of carbonyl (C=O) groups is 4. The summed E-state index contributed by atoms with van der Waals surface area (Å²) in [6, 6.07) is 23.6. The number of hydrogen-bond acceptors (Lipinski definition) is 6. The molecule has 0 heterocycles. The number of hydrogen-bond donors (Lipinski definition) is 6. The molecule has 10 nitrogen and oxygen atoms in total. The second-order valence-electron chi connectivity index (χ2n) is 14.1. The van der Waals surface area contributed by atoms with Crippen LogP contribution in [0.2, 0.25) is 0 Å². The lowest BCUT2D eigenvalue weighted by molar-refractivity contribution is 0.0845. The van der Waals surface area contributed by atoms with Gasteiger partial charge in [0, 0.05) is 11.1 Å². The van der Waals surface area contributed by atoms with E-state index in [0.29, 0.717) is 22.3 Å². The van der Waals surface area contributed by atoms with Crippen LogP contribution in [-0.2, 0) is 19.3 Å². The van der Waals surface area contributed by atoms with E-state index < -0.39 is 23.6 Å². The topological polar surface area (TPSA) is 157 Å². The Morgan fingerprint density at radius 1 is 0.418 bits per heavy atom. The monoisotopic (exact) mass is 748 g/mol. The highest BCUT2D eigenvalue weighted by molar-refractivity contribution is 6.01. The Morgan fingerprint density at radius 2 is 0.745 bits per heavy atom. The van der Waals surface area contributed by atoms with E-state index >= 15 is 0 Å². The third kappa shape index (κ3) is 13.9. The number of amides is 4. The van der Waals surface area contributed by atoms with Crippen molar-refractivity contribution in [3.8, 4) is 11.5 Å². The van der Waals surface area contributed by atoms with Crippen LogP contribution < -0.4 is 21.7 Å². The molecule has 0 radical (unpaired) electrons. The van der Waals surface area contributed by atoms with E-state index in [9.17, 15) is 29.4 Å². The minimum Gasteiger partial charge on any atom is -0.507 e. The van der Waals surface area contributed by atoms with Crippen LogP contribution in [0, 0.1) is 0 Å². The zero-order chi connectivity index (χ0) is 39.4. The van der Waals surface area contributed by atoms with Gasteiger partial charge in [-0.3, -0.25) is 40.9 Å². The summed E-state index contributed by atoms with van der Waals surface area (Å²) < 4.78 is 0. The molecule has 4 rings (SSSR count). The van der Waals surface area contributed by atoms with Crippen molar-refractivity contribution in [2.45, 2.75) is 110 Å².